The van der Waals surface area contributed by atoms with Crippen LogP contribution in [-0.2, 0) is 16.3 Å². The van der Waals surface area contributed by atoms with Gasteiger partial charge in [0, 0.05) is 46.0 Å². The first-order valence-corrected chi connectivity index (χ1v) is 10.2. The highest BCUT2D eigenvalue weighted by Gasteiger charge is 2.20. The molecule has 0 bridgehead atoms. The van der Waals surface area contributed by atoms with Gasteiger partial charge >= 0.3 is 0 Å². The average Bonchev–Trinajstić information content (AvgIpc) is 2.56. The molecule has 2 heterocycles. The SMILES string of the molecule is CN=C(NCCc1ccc(Cl)nc1)NCCN1CCS(=O)(=O)CC1.I. The van der Waals surface area contributed by atoms with Gasteiger partial charge in [0.05, 0.1) is 11.5 Å². The fraction of sp³-hybridized carbons (Fsp3) is 0.600. The zero-order valence-corrected chi connectivity index (χ0v) is 18.1. The largest absolute Gasteiger partial charge is 0.356 e. The molecule has 1 aliphatic rings. The van der Waals surface area contributed by atoms with E-state index in [9.17, 15) is 8.42 Å². The van der Waals surface area contributed by atoms with Crippen molar-refractivity contribution in [2.45, 2.75) is 6.42 Å². The van der Waals surface area contributed by atoms with Crippen LogP contribution in [-0.4, -0.2) is 75.5 Å². The fourth-order valence-corrected chi connectivity index (χ4v) is 3.80. The molecule has 0 atom stereocenters. The van der Waals surface area contributed by atoms with Crippen LogP contribution in [0.15, 0.2) is 23.3 Å². The molecule has 25 heavy (non-hydrogen) atoms. The van der Waals surface area contributed by atoms with Crippen LogP contribution in [0.2, 0.25) is 5.15 Å². The van der Waals surface area contributed by atoms with Crippen molar-refractivity contribution in [3.63, 3.8) is 0 Å². The molecular weight excluding hydrogens is 477 g/mol. The number of pyridine rings is 1. The van der Waals surface area contributed by atoms with Crippen LogP contribution in [0.5, 0.6) is 0 Å². The summed E-state index contributed by atoms with van der Waals surface area (Å²) in [5.41, 5.74) is 1.11. The average molecular weight is 502 g/mol. The summed E-state index contributed by atoms with van der Waals surface area (Å²) < 4.78 is 22.8. The van der Waals surface area contributed by atoms with E-state index in [1.807, 2.05) is 6.07 Å². The normalized spacial score (nSPS) is 17.6. The zero-order chi connectivity index (χ0) is 17.4. The predicted molar refractivity (Wildman–Crippen MR) is 113 cm³/mol. The Morgan fingerprint density at radius 3 is 2.56 bits per heavy atom. The highest BCUT2D eigenvalue weighted by Crippen LogP contribution is 2.05. The van der Waals surface area contributed by atoms with Gasteiger partial charge in [0.15, 0.2) is 15.8 Å². The lowest BCUT2D eigenvalue weighted by atomic mass is 10.2. The van der Waals surface area contributed by atoms with E-state index in [2.05, 4.69) is 25.5 Å². The smallest absolute Gasteiger partial charge is 0.191 e. The Morgan fingerprint density at radius 2 is 1.96 bits per heavy atom. The number of rotatable bonds is 6. The third-order valence-corrected chi connectivity index (χ3v) is 5.71. The summed E-state index contributed by atoms with van der Waals surface area (Å²) in [5.74, 6) is 1.26. The summed E-state index contributed by atoms with van der Waals surface area (Å²) in [6.07, 6.45) is 2.60. The molecule has 2 rings (SSSR count). The number of hydrogen-bond donors (Lipinski definition) is 2. The number of sulfone groups is 1. The van der Waals surface area contributed by atoms with E-state index in [-0.39, 0.29) is 35.5 Å². The van der Waals surface area contributed by atoms with Crippen LogP contribution in [0.25, 0.3) is 0 Å². The Morgan fingerprint density at radius 1 is 1.28 bits per heavy atom. The summed E-state index contributed by atoms with van der Waals surface area (Å²) in [5, 5.41) is 6.99. The Hall–Kier alpha value is -0.650. The number of guanidine groups is 1. The molecule has 1 aromatic rings. The summed E-state index contributed by atoms with van der Waals surface area (Å²) >= 11 is 5.76. The molecule has 1 aliphatic heterocycles. The van der Waals surface area contributed by atoms with E-state index in [4.69, 9.17) is 11.6 Å². The molecule has 1 fully saturated rings. The van der Waals surface area contributed by atoms with E-state index in [0.717, 1.165) is 37.6 Å². The maximum absolute atomic E-state index is 11.4. The second-order valence-electron chi connectivity index (χ2n) is 5.66. The van der Waals surface area contributed by atoms with Gasteiger partial charge in [-0.15, -0.1) is 24.0 Å². The Kier molecular flexibility index (Phi) is 9.98. The van der Waals surface area contributed by atoms with E-state index < -0.39 is 9.84 Å². The summed E-state index contributed by atoms with van der Waals surface area (Å²) in [6, 6.07) is 3.74. The maximum Gasteiger partial charge on any atom is 0.191 e. The molecule has 10 heteroatoms. The van der Waals surface area contributed by atoms with Crippen molar-refractivity contribution in [1.29, 1.82) is 0 Å². The van der Waals surface area contributed by atoms with Gasteiger partial charge < -0.3 is 10.6 Å². The Labute approximate surface area is 171 Å². The monoisotopic (exact) mass is 501 g/mol. The van der Waals surface area contributed by atoms with Gasteiger partial charge in [-0.1, -0.05) is 17.7 Å². The van der Waals surface area contributed by atoms with Crippen LogP contribution in [0.3, 0.4) is 0 Å². The Balaban J connectivity index is 0.00000312. The molecule has 0 amide bonds. The second-order valence-corrected chi connectivity index (χ2v) is 8.35. The third-order valence-electron chi connectivity index (χ3n) is 3.88. The number of aliphatic imine (C=N–C) groups is 1. The first-order valence-electron chi connectivity index (χ1n) is 7.96. The Bertz CT molecular complexity index is 640. The molecule has 2 N–H and O–H groups in total. The molecule has 0 saturated carbocycles. The first-order chi connectivity index (χ1) is 11.5. The van der Waals surface area contributed by atoms with Crippen LogP contribution in [0.1, 0.15) is 5.56 Å². The molecule has 142 valence electrons. The van der Waals surface area contributed by atoms with Crippen molar-refractivity contribution < 1.29 is 8.42 Å². The van der Waals surface area contributed by atoms with Crippen LogP contribution < -0.4 is 10.6 Å². The molecule has 0 radical (unpaired) electrons. The van der Waals surface area contributed by atoms with Gasteiger partial charge in [0.1, 0.15) is 5.15 Å². The van der Waals surface area contributed by atoms with Gasteiger partial charge in [-0.3, -0.25) is 9.89 Å². The number of aromatic nitrogens is 1. The minimum Gasteiger partial charge on any atom is -0.356 e. The minimum atomic E-state index is -2.81. The molecule has 0 unspecified atom stereocenters. The molecule has 0 aromatic carbocycles. The third kappa shape index (κ3) is 8.52. The van der Waals surface area contributed by atoms with E-state index in [0.29, 0.717) is 18.2 Å². The van der Waals surface area contributed by atoms with Gasteiger partial charge in [0.2, 0.25) is 0 Å². The fourth-order valence-electron chi connectivity index (χ4n) is 2.41. The lowest BCUT2D eigenvalue weighted by Gasteiger charge is -2.26. The maximum atomic E-state index is 11.4. The number of halogens is 2. The quantitative estimate of drug-likeness (QED) is 0.259. The molecule has 1 saturated heterocycles. The van der Waals surface area contributed by atoms with Crippen molar-refractivity contribution >= 4 is 51.4 Å². The van der Waals surface area contributed by atoms with E-state index in [1.54, 1.807) is 19.3 Å². The van der Waals surface area contributed by atoms with Crippen molar-refractivity contribution in [2.24, 2.45) is 4.99 Å². The standard InChI is InChI=1S/C15H24ClN5O2S.HI/c1-17-15(18-5-4-13-2-3-14(16)20-12-13)19-6-7-21-8-10-24(22,23)11-9-21;/h2-3,12H,4-11H2,1H3,(H2,17,18,19);1H. The summed E-state index contributed by atoms with van der Waals surface area (Å²) in [4.78, 5) is 10.4. The lowest BCUT2D eigenvalue weighted by molar-refractivity contribution is 0.299. The predicted octanol–water partition coefficient (Wildman–Crippen LogP) is 0.791. The summed E-state index contributed by atoms with van der Waals surface area (Å²) in [6.45, 7) is 3.49. The second kappa shape index (κ2) is 11.1. The molecule has 7 nitrogen and oxygen atoms in total. The first kappa shape index (κ1) is 22.4. The van der Waals surface area contributed by atoms with Crippen molar-refractivity contribution in [1.82, 2.24) is 20.5 Å². The van der Waals surface area contributed by atoms with E-state index in [1.165, 1.54) is 0 Å². The molecular formula is C15H25ClIN5O2S. The van der Waals surface area contributed by atoms with Crippen LogP contribution in [0.4, 0.5) is 0 Å². The highest BCUT2D eigenvalue weighted by molar-refractivity contribution is 14.0. The molecule has 0 spiro atoms. The number of hydrogen-bond acceptors (Lipinski definition) is 5. The van der Waals surface area contributed by atoms with Gasteiger partial charge in [0.25, 0.3) is 0 Å². The topological polar surface area (TPSA) is 86.7 Å². The van der Waals surface area contributed by atoms with Crippen LogP contribution in [0, 0.1) is 0 Å². The minimum absolute atomic E-state index is 0. The van der Waals surface area contributed by atoms with E-state index >= 15 is 0 Å². The van der Waals surface area contributed by atoms with Crippen LogP contribution >= 0.6 is 35.6 Å². The van der Waals surface area contributed by atoms with Crippen molar-refractivity contribution in [3.8, 4) is 0 Å². The van der Waals surface area contributed by atoms with Gasteiger partial charge in [-0.2, -0.15) is 0 Å². The van der Waals surface area contributed by atoms with Crippen molar-refractivity contribution in [3.05, 3.63) is 29.0 Å². The number of nitrogens with zero attached hydrogens (tertiary/aromatic N) is 3. The zero-order valence-electron chi connectivity index (χ0n) is 14.2. The number of nitrogens with one attached hydrogen (secondary N) is 2. The van der Waals surface area contributed by atoms with Gasteiger partial charge in [-0.25, -0.2) is 13.4 Å². The summed E-state index contributed by atoms with van der Waals surface area (Å²) in [7, 11) is -1.09. The molecule has 0 aliphatic carbocycles. The molecule has 1 aromatic heterocycles. The lowest BCUT2D eigenvalue weighted by Crippen LogP contribution is -2.46. The highest BCUT2D eigenvalue weighted by atomic mass is 127. The van der Waals surface area contributed by atoms with Crippen molar-refractivity contribution in [2.75, 3.05) is 51.3 Å². The van der Waals surface area contributed by atoms with Gasteiger partial charge in [-0.05, 0) is 18.1 Å².